The molecule has 9 heteroatoms. The molecule has 8 nitrogen and oxygen atoms in total. The van der Waals surface area contributed by atoms with Crippen molar-refractivity contribution in [2.24, 2.45) is 0 Å². The molecule has 0 aliphatic carbocycles. The van der Waals surface area contributed by atoms with Gasteiger partial charge in [-0.25, -0.2) is 4.79 Å². The minimum absolute atomic E-state index is 0.308. The summed E-state index contributed by atoms with van der Waals surface area (Å²) in [5, 5.41) is 24.0. The fourth-order valence-electron chi connectivity index (χ4n) is 2.52. The quantitative estimate of drug-likeness (QED) is 0.717. The standard InChI is InChI=1S/C16H18N4O4S/c21-13(22)9-24-12-3-1-11(2-4-12)18-14(23)16-20-19-15(25-16)10-5-7-17-8-6-10/h1-4,10,17H,5-9H2,(H,18,23)(H,21,22). The number of carboxylic acids is 1. The van der Waals surface area contributed by atoms with Crippen molar-refractivity contribution in [2.45, 2.75) is 18.8 Å². The molecule has 1 fully saturated rings. The van der Waals surface area contributed by atoms with E-state index in [1.165, 1.54) is 11.3 Å². The van der Waals surface area contributed by atoms with E-state index >= 15 is 0 Å². The summed E-state index contributed by atoms with van der Waals surface area (Å²) in [5.74, 6) is -0.564. The van der Waals surface area contributed by atoms with Crippen molar-refractivity contribution in [3.8, 4) is 5.75 Å². The lowest BCUT2D eigenvalue weighted by Crippen LogP contribution is -2.26. The Hall–Kier alpha value is -2.52. The topological polar surface area (TPSA) is 113 Å². The summed E-state index contributed by atoms with van der Waals surface area (Å²) < 4.78 is 5.04. The zero-order chi connectivity index (χ0) is 17.6. The van der Waals surface area contributed by atoms with E-state index in [1.54, 1.807) is 24.3 Å². The summed E-state index contributed by atoms with van der Waals surface area (Å²) >= 11 is 1.33. The average Bonchev–Trinajstić information content (AvgIpc) is 3.12. The Bertz CT molecular complexity index is 741. The van der Waals surface area contributed by atoms with Gasteiger partial charge < -0.3 is 20.5 Å². The highest BCUT2D eigenvalue weighted by atomic mass is 32.1. The number of hydrogen-bond donors (Lipinski definition) is 3. The number of carboxylic acid groups (broad SMARTS) is 1. The lowest BCUT2D eigenvalue weighted by molar-refractivity contribution is -0.139. The summed E-state index contributed by atoms with van der Waals surface area (Å²) in [6, 6.07) is 6.48. The smallest absolute Gasteiger partial charge is 0.341 e. The Morgan fingerprint density at radius 1 is 1.24 bits per heavy atom. The van der Waals surface area contributed by atoms with Crippen LogP contribution in [-0.4, -0.2) is 46.9 Å². The first-order valence-electron chi connectivity index (χ1n) is 7.92. The summed E-state index contributed by atoms with van der Waals surface area (Å²) in [6.07, 6.45) is 2.02. The Kier molecular flexibility index (Phi) is 5.56. The molecular weight excluding hydrogens is 344 g/mol. The van der Waals surface area contributed by atoms with Crippen LogP contribution < -0.4 is 15.4 Å². The van der Waals surface area contributed by atoms with Crippen molar-refractivity contribution in [3.63, 3.8) is 0 Å². The van der Waals surface area contributed by atoms with Crippen molar-refractivity contribution in [3.05, 3.63) is 34.3 Å². The molecular formula is C16H18N4O4S. The van der Waals surface area contributed by atoms with Gasteiger partial charge in [0.05, 0.1) is 0 Å². The van der Waals surface area contributed by atoms with Crippen LogP contribution in [0, 0.1) is 0 Å². The van der Waals surface area contributed by atoms with E-state index in [9.17, 15) is 9.59 Å². The van der Waals surface area contributed by atoms with Crippen LogP contribution in [0.25, 0.3) is 0 Å². The molecule has 2 aromatic rings. The minimum Gasteiger partial charge on any atom is -0.482 e. The molecule has 0 spiro atoms. The van der Waals surface area contributed by atoms with Gasteiger partial charge >= 0.3 is 5.97 Å². The van der Waals surface area contributed by atoms with Gasteiger partial charge in [-0.2, -0.15) is 0 Å². The van der Waals surface area contributed by atoms with E-state index in [4.69, 9.17) is 9.84 Å². The largest absolute Gasteiger partial charge is 0.482 e. The van der Waals surface area contributed by atoms with Gasteiger partial charge in [0.15, 0.2) is 6.61 Å². The summed E-state index contributed by atoms with van der Waals surface area (Å²) in [5.41, 5.74) is 0.575. The lowest BCUT2D eigenvalue weighted by atomic mass is 9.99. The van der Waals surface area contributed by atoms with Crippen molar-refractivity contribution >= 4 is 28.9 Å². The number of nitrogens with zero attached hydrogens (tertiary/aromatic N) is 2. The molecule has 3 rings (SSSR count). The molecule has 25 heavy (non-hydrogen) atoms. The Balaban J connectivity index is 1.58. The number of rotatable bonds is 6. The number of ether oxygens (including phenoxy) is 1. The van der Waals surface area contributed by atoms with Crippen molar-refractivity contribution in [1.29, 1.82) is 0 Å². The highest BCUT2D eigenvalue weighted by Crippen LogP contribution is 2.28. The predicted octanol–water partition coefficient (Wildman–Crippen LogP) is 1.72. The van der Waals surface area contributed by atoms with Crippen molar-refractivity contribution in [2.75, 3.05) is 25.0 Å². The second-order valence-electron chi connectivity index (χ2n) is 5.63. The van der Waals surface area contributed by atoms with Crippen LogP contribution in [0.15, 0.2) is 24.3 Å². The molecule has 0 radical (unpaired) electrons. The molecule has 132 valence electrons. The third-order valence-corrected chi connectivity index (χ3v) is 4.88. The van der Waals surface area contributed by atoms with Gasteiger partial charge in [-0.15, -0.1) is 10.2 Å². The SMILES string of the molecule is O=C(O)COc1ccc(NC(=O)c2nnc(C3CCNCC3)s2)cc1. The van der Waals surface area contributed by atoms with Crippen molar-refractivity contribution < 1.29 is 19.4 Å². The maximum atomic E-state index is 12.3. The van der Waals surface area contributed by atoms with E-state index in [1.807, 2.05) is 0 Å². The Morgan fingerprint density at radius 3 is 2.64 bits per heavy atom. The summed E-state index contributed by atoms with van der Waals surface area (Å²) in [6.45, 7) is 1.51. The summed E-state index contributed by atoms with van der Waals surface area (Å²) in [7, 11) is 0. The number of aromatic nitrogens is 2. The van der Waals surface area contributed by atoms with Gasteiger partial charge in [-0.3, -0.25) is 4.79 Å². The Labute approximate surface area is 148 Å². The molecule has 1 aliphatic heterocycles. The minimum atomic E-state index is -1.04. The number of anilines is 1. The van der Waals surface area contributed by atoms with Crippen LogP contribution in [0.3, 0.4) is 0 Å². The molecule has 1 aliphatic rings. The van der Waals surface area contributed by atoms with Crippen LogP contribution in [0.5, 0.6) is 5.75 Å². The maximum Gasteiger partial charge on any atom is 0.341 e. The molecule has 1 aromatic carbocycles. The zero-order valence-corrected chi connectivity index (χ0v) is 14.2. The lowest BCUT2D eigenvalue weighted by Gasteiger charge is -2.19. The molecule has 2 heterocycles. The highest BCUT2D eigenvalue weighted by Gasteiger charge is 2.21. The molecule has 1 saturated heterocycles. The fourth-order valence-corrected chi connectivity index (χ4v) is 3.43. The number of amides is 1. The van der Waals surface area contributed by atoms with Gasteiger partial charge in [0.25, 0.3) is 5.91 Å². The van der Waals surface area contributed by atoms with Crippen LogP contribution in [0.2, 0.25) is 0 Å². The van der Waals surface area contributed by atoms with Crippen molar-refractivity contribution in [1.82, 2.24) is 15.5 Å². The fraction of sp³-hybridized carbons (Fsp3) is 0.375. The Morgan fingerprint density at radius 2 is 1.96 bits per heavy atom. The van der Waals surface area contributed by atoms with E-state index in [-0.39, 0.29) is 5.91 Å². The van der Waals surface area contributed by atoms with Crippen LogP contribution >= 0.6 is 11.3 Å². The first-order valence-corrected chi connectivity index (χ1v) is 8.73. The van der Waals surface area contributed by atoms with Crippen LogP contribution in [-0.2, 0) is 4.79 Å². The average molecular weight is 362 g/mol. The maximum absolute atomic E-state index is 12.3. The number of benzene rings is 1. The number of nitrogens with one attached hydrogen (secondary N) is 2. The van der Waals surface area contributed by atoms with Crippen LogP contribution in [0.1, 0.15) is 33.6 Å². The molecule has 1 aromatic heterocycles. The normalized spacial score (nSPS) is 14.9. The van der Waals surface area contributed by atoms with Gasteiger partial charge in [0.1, 0.15) is 10.8 Å². The van der Waals surface area contributed by atoms with E-state index in [0.717, 1.165) is 30.9 Å². The molecule has 0 unspecified atom stereocenters. The van der Waals surface area contributed by atoms with E-state index in [2.05, 4.69) is 20.8 Å². The third kappa shape index (κ3) is 4.74. The number of carbonyl (C=O) groups is 2. The number of piperidine rings is 1. The number of carbonyl (C=O) groups excluding carboxylic acids is 1. The second kappa shape index (κ2) is 8.04. The molecule has 0 saturated carbocycles. The molecule has 0 bridgehead atoms. The highest BCUT2D eigenvalue weighted by molar-refractivity contribution is 7.13. The molecule has 0 atom stereocenters. The van der Waals surface area contributed by atoms with Gasteiger partial charge in [-0.1, -0.05) is 11.3 Å². The molecule has 3 N–H and O–H groups in total. The van der Waals surface area contributed by atoms with Gasteiger partial charge in [-0.05, 0) is 50.2 Å². The monoisotopic (exact) mass is 362 g/mol. The van der Waals surface area contributed by atoms with E-state index in [0.29, 0.717) is 22.4 Å². The van der Waals surface area contributed by atoms with Gasteiger partial charge in [0.2, 0.25) is 5.01 Å². The van der Waals surface area contributed by atoms with Gasteiger partial charge in [0, 0.05) is 11.6 Å². The first kappa shape index (κ1) is 17.3. The third-order valence-electron chi connectivity index (χ3n) is 3.80. The first-order chi connectivity index (χ1) is 12.1. The molecule has 1 amide bonds. The number of hydrogen-bond acceptors (Lipinski definition) is 7. The number of aliphatic carboxylic acids is 1. The van der Waals surface area contributed by atoms with Crippen LogP contribution in [0.4, 0.5) is 5.69 Å². The summed E-state index contributed by atoms with van der Waals surface area (Å²) in [4.78, 5) is 22.7. The predicted molar refractivity (Wildman–Crippen MR) is 92.3 cm³/mol. The zero-order valence-electron chi connectivity index (χ0n) is 13.4. The second-order valence-corrected chi connectivity index (χ2v) is 6.64. The van der Waals surface area contributed by atoms with E-state index < -0.39 is 12.6 Å².